The molecule has 0 aromatic heterocycles. The van der Waals surface area contributed by atoms with Crippen LogP contribution in [0.4, 0.5) is 0 Å². The maximum absolute atomic E-state index is 5.58. The zero-order valence-corrected chi connectivity index (χ0v) is 11.3. The molecule has 0 atom stereocenters. The molecule has 19 heavy (non-hydrogen) atoms. The summed E-state index contributed by atoms with van der Waals surface area (Å²) in [7, 11) is 1.67. The van der Waals surface area contributed by atoms with Crippen molar-refractivity contribution in [2.24, 2.45) is 0 Å². The van der Waals surface area contributed by atoms with Gasteiger partial charge in [0.05, 0.1) is 33.0 Å². The highest BCUT2D eigenvalue weighted by atomic mass is 16.5. The molecule has 0 unspecified atom stereocenters. The average Bonchev–Trinajstić information content (AvgIpc) is 2.46. The predicted octanol–water partition coefficient (Wildman–Crippen LogP) is 3.02. The second-order valence-corrected chi connectivity index (χ2v) is 4.34. The molecule has 2 rings (SSSR count). The Labute approximate surface area is 114 Å². The number of rotatable bonds is 8. The Hall–Kier alpha value is -1.42. The van der Waals surface area contributed by atoms with Gasteiger partial charge in [-0.2, -0.15) is 0 Å². The van der Waals surface area contributed by atoms with Crippen LogP contribution in [0.2, 0.25) is 0 Å². The Balaban J connectivity index is 1.72. The fraction of sp³-hybridized carbons (Fsp3) is 0.375. The topological polar surface area (TPSA) is 27.7 Å². The van der Waals surface area contributed by atoms with Gasteiger partial charge in [0.2, 0.25) is 0 Å². The van der Waals surface area contributed by atoms with Crippen LogP contribution >= 0.6 is 0 Å². The van der Waals surface area contributed by atoms with Gasteiger partial charge in [0, 0.05) is 7.11 Å². The maximum atomic E-state index is 5.58. The van der Waals surface area contributed by atoms with Crippen molar-refractivity contribution in [1.82, 2.24) is 0 Å². The van der Waals surface area contributed by atoms with Crippen LogP contribution in [0.1, 0.15) is 5.56 Å². The van der Waals surface area contributed by atoms with Crippen LogP contribution in [0.3, 0.4) is 0 Å². The van der Waals surface area contributed by atoms with E-state index in [0.717, 1.165) is 0 Å². The second kappa shape index (κ2) is 7.89. The third-order valence-electron chi connectivity index (χ3n) is 2.89. The van der Waals surface area contributed by atoms with Gasteiger partial charge in [-0.05, 0) is 22.4 Å². The second-order valence-electron chi connectivity index (χ2n) is 4.34. The van der Waals surface area contributed by atoms with E-state index < -0.39 is 0 Å². The van der Waals surface area contributed by atoms with Gasteiger partial charge in [0.25, 0.3) is 0 Å². The number of ether oxygens (including phenoxy) is 3. The lowest BCUT2D eigenvalue weighted by atomic mass is 10.1. The molecule has 102 valence electrons. The highest BCUT2D eigenvalue weighted by Crippen LogP contribution is 2.15. The van der Waals surface area contributed by atoms with E-state index in [1.807, 2.05) is 0 Å². The summed E-state index contributed by atoms with van der Waals surface area (Å²) >= 11 is 0. The van der Waals surface area contributed by atoms with Crippen molar-refractivity contribution in [3.63, 3.8) is 0 Å². The molecule has 0 N–H and O–H groups in total. The smallest absolute Gasteiger partial charge is 0.0718 e. The van der Waals surface area contributed by atoms with Crippen molar-refractivity contribution in [3.05, 3.63) is 48.0 Å². The molecule has 0 saturated heterocycles. The molecule has 0 saturated carbocycles. The summed E-state index contributed by atoms with van der Waals surface area (Å²) in [6.07, 6.45) is 0. The number of benzene rings is 2. The third kappa shape index (κ3) is 4.63. The van der Waals surface area contributed by atoms with E-state index in [2.05, 4.69) is 42.5 Å². The van der Waals surface area contributed by atoms with Gasteiger partial charge < -0.3 is 14.2 Å². The molecule has 0 amide bonds. The predicted molar refractivity (Wildman–Crippen MR) is 76.3 cm³/mol. The van der Waals surface area contributed by atoms with Crippen molar-refractivity contribution in [2.75, 3.05) is 33.5 Å². The van der Waals surface area contributed by atoms with Crippen LogP contribution in [0.15, 0.2) is 42.5 Å². The van der Waals surface area contributed by atoms with Crippen molar-refractivity contribution < 1.29 is 14.2 Å². The van der Waals surface area contributed by atoms with E-state index >= 15 is 0 Å². The molecule has 0 spiro atoms. The van der Waals surface area contributed by atoms with Gasteiger partial charge in [-0.3, -0.25) is 0 Å². The molecular formula is C16H20O3. The molecule has 0 fully saturated rings. The van der Waals surface area contributed by atoms with Crippen LogP contribution in [0.25, 0.3) is 10.8 Å². The monoisotopic (exact) mass is 260 g/mol. The maximum Gasteiger partial charge on any atom is 0.0718 e. The highest BCUT2D eigenvalue weighted by Gasteiger charge is 1.97. The molecule has 0 radical (unpaired) electrons. The molecule has 2 aromatic rings. The van der Waals surface area contributed by atoms with Crippen LogP contribution in [-0.2, 0) is 20.8 Å². The van der Waals surface area contributed by atoms with Gasteiger partial charge in [0.15, 0.2) is 0 Å². The Bertz CT molecular complexity index is 496. The summed E-state index contributed by atoms with van der Waals surface area (Å²) in [5.74, 6) is 0. The zero-order chi connectivity index (χ0) is 13.3. The molecule has 2 aromatic carbocycles. The van der Waals surface area contributed by atoms with E-state index in [1.165, 1.54) is 16.3 Å². The lowest BCUT2D eigenvalue weighted by molar-refractivity contribution is 0.0200. The van der Waals surface area contributed by atoms with E-state index in [1.54, 1.807) is 7.11 Å². The van der Waals surface area contributed by atoms with Crippen LogP contribution in [0, 0.1) is 0 Å². The summed E-state index contributed by atoms with van der Waals surface area (Å²) in [5.41, 5.74) is 1.19. The Morgan fingerprint density at radius 3 is 2.37 bits per heavy atom. The molecule has 0 aliphatic carbocycles. The van der Waals surface area contributed by atoms with E-state index in [9.17, 15) is 0 Å². The van der Waals surface area contributed by atoms with Crippen LogP contribution < -0.4 is 0 Å². The average molecular weight is 260 g/mol. The number of fused-ring (bicyclic) bond motifs is 1. The lowest BCUT2D eigenvalue weighted by Crippen LogP contribution is -2.08. The van der Waals surface area contributed by atoms with Crippen molar-refractivity contribution in [3.8, 4) is 0 Å². The molecule has 0 aliphatic rings. The number of methoxy groups -OCH3 is 1. The number of hydrogen-bond donors (Lipinski definition) is 0. The van der Waals surface area contributed by atoms with Crippen LogP contribution in [-0.4, -0.2) is 33.5 Å². The normalized spacial score (nSPS) is 11.0. The van der Waals surface area contributed by atoms with Gasteiger partial charge in [0.1, 0.15) is 0 Å². The SMILES string of the molecule is COCCOCCOCc1ccc2ccccc2c1. The fourth-order valence-corrected chi connectivity index (χ4v) is 1.88. The summed E-state index contributed by atoms with van der Waals surface area (Å²) in [6, 6.07) is 14.7. The minimum absolute atomic E-state index is 0.608. The standard InChI is InChI=1S/C16H20O3/c1-17-8-9-18-10-11-19-13-14-6-7-15-4-2-3-5-16(15)12-14/h2-7,12H,8-11,13H2,1H3. The van der Waals surface area contributed by atoms with Gasteiger partial charge in [-0.25, -0.2) is 0 Å². The Morgan fingerprint density at radius 2 is 1.53 bits per heavy atom. The molecule has 0 heterocycles. The Morgan fingerprint density at radius 1 is 0.789 bits per heavy atom. The molecular weight excluding hydrogens is 240 g/mol. The first-order chi connectivity index (χ1) is 9.40. The first kappa shape index (κ1) is 14.0. The van der Waals surface area contributed by atoms with E-state index in [-0.39, 0.29) is 0 Å². The van der Waals surface area contributed by atoms with Gasteiger partial charge >= 0.3 is 0 Å². The Kier molecular flexibility index (Phi) is 5.82. The summed E-state index contributed by atoms with van der Waals surface area (Å²) in [4.78, 5) is 0. The molecule has 0 bridgehead atoms. The summed E-state index contributed by atoms with van der Waals surface area (Å²) in [5, 5.41) is 2.51. The molecule has 0 aliphatic heterocycles. The highest BCUT2D eigenvalue weighted by molar-refractivity contribution is 5.82. The fourth-order valence-electron chi connectivity index (χ4n) is 1.88. The first-order valence-electron chi connectivity index (χ1n) is 6.52. The van der Waals surface area contributed by atoms with Crippen molar-refractivity contribution >= 4 is 10.8 Å². The first-order valence-corrected chi connectivity index (χ1v) is 6.52. The van der Waals surface area contributed by atoms with E-state index in [0.29, 0.717) is 33.0 Å². The quantitative estimate of drug-likeness (QED) is 0.683. The third-order valence-corrected chi connectivity index (χ3v) is 2.89. The summed E-state index contributed by atoms with van der Waals surface area (Å²) in [6.45, 7) is 3.09. The minimum atomic E-state index is 0.608. The van der Waals surface area contributed by atoms with Crippen molar-refractivity contribution in [2.45, 2.75) is 6.61 Å². The largest absolute Gasteiger partial charge is 0.382 e. The molecule has 3 heteroatoms. The lowest BCUT2D eigenvalue weighted by Gasteiger charge is -2.06. The number of hydrogen-bond acceptors (Lipinski definition) is 3. The molecule has 3 nitrogen and oxygen atoms in total. The summed E-state index contributed by atoms with van der Waals surface area (Å²) < 4.78 is 15.8. The van der Waals surface area contributed by atoms with E-state index in [4.69, 9.17) is 14.2 Å². The van der Waals surface area contributed by atoms with Crippen molar-refractivity contribution in [1.29, 1.82) is 0 Å². The zero-order valence-electron chi connectivity index (χ0n) is 11.3. The van der Waals surface area contributed by atoms with Gasteiger partial charge in [-0.15, -0.1) is 0 Å². The van der Waals surface area contributed by atoms with Gasteiger partial charge in [-0.1, -0.05) is 36.4 Å². The minimum Gasteiger partial charge on any atom is -0.382 e. The van der Waals surface area contributed by atoms with Crippen LogP contribution in [0.5, 0.6) is 0 Å².